The molecule has 112 valence electrons. The van der Waals surface area contributed by atoms with Crippen LogP contribution in [-0.4, -0.2) is 15.4 Å². The van der Waals surface area contributed by atoms with E-state index in [1.807, 2.05) is 77.8 Å². The number of nitrogens with zero attached hydrogens (tertiary/aromatic N) is 2. The largest absolute Gasteiger partial charge is 0.333 e. The summed E-state index contributed by atoms with van der Waals surface area (Å²) in [6, 6.07) is 18.0. The molecule has 2 aromatic carbocycles. The van der Waals surface area contributed by atoms with Gasteiger partial charge in [0.1, 0.15) is 0 Å². The van der Waals surface area contributed by atoms with Crippen LogP contribution in [0.1, 0.15) is 12.5 Å². The Balaban J connectivity index is 2.21. The second-order valence-electron chi connectivity index (χ2n) is 5.17. The molecule has 0 N–H and O–H groups in total. The van der Waals surface area contributed by atoms with E-state index in [2.05, 4.69) is 0 Å². The number of hydrogen-bond donors (Lipinski definition) is 0. The third-order valence-corrected chi connectivity index (χ3v) is 4.24. The van der Waals surface area contributed by atoms with Crippen LogP contribution in [0.25, 0.3) is 16.7 Å². The van der Waals surface area contributed by atoms with E-state index in [-0.39, 0.29) is 5.69 Å². The van der Waals surface area contributed by atoms with Gasteiger partial charge in [-0.05, 0) is 36.3 Å². The molecule has 0 radical (unpaired) electrons. The Morgan fingerprint density at radius 1 is 1.05 bits per heavy atom. The van der Waals surface area contributed by atoms with Crippen molar-refractivity contribution in [3.05, 3.63) is 76.1 Å². The molecular formula is C18H18N2OS. The molecule has 0 fully saturated rings. The Hall–Kier alpha value is -2.20. The summed E-state index contributed by atoms with van der Waals surface area (Å²) in [5.74, 6) is 0. The predicted molar refractivity (Wildman–Crippen MR) is 95.2 cm³/mol. The molecule has 0 bridgehead atoms. The molecule has 3 rings (SSSR count). The van der Waals surface area contributed by atoms with Crippen LogP contribution in [0.5, 0.6) is 0 Å². The van der Waals surface area contributed by atoms with Gasteiger partial charge in [-0.25, -0.2) is 4.79 Å². The van der Waals surface area contributed by atoms with Gasteiger partial charge in [-0.15, -0.1) is 11.8 Å². The Kier molecular flexibility index (Phi) is 4.20. The van der Waals surface area contributed by atoms with E-state index in [1.165, 1.54) is 0 Å². The molecule has 3 aromatic rings. The zero-order valence-electron chi connectivity index (χ0n) is 12.7. The van der Waals surface area contributed by atoms with Crippen LogP contribution < -0.4 is 5.69 Å². The van der Waals surface area contributed by atoms with Crippen molar-refractivity contribution in [3.63, 3.8) is 0 Å². The van der Waals surface area contributed by atoms with Crippen molar-refractivity contribution in [1.82, 2.24) is 9.13 Å². The topological polar surface area (TPSA) is 26.9 Å². The maximum Gasteiger partial charge on any atom is 0.333 e. The van der Waals surface area contributed by atoms with Crippen LogP contribution in [0.3, 0.4) is 0 Å². The summed E-state index contributed by atoms with van der Waals surface area (Å²) in [7, 11) is 0. The molecule has 0 atom stereocenters. The summed E-state index contributed by atoms with van der Waals surface area (Å²) < 4.78 is 3.62. The number of para-hydroxylation sites is 2. The van der Waals surface area contributed by atoms with Gasteiger partial charge >= 0.3 is 5.69 Å². The monoisotopic (exact) mass is 310 g/mol. The van der Waals surface area contributed by atoms with Crippen molar-refractivity contribution < 1.29 is 0 Å². The van der Waals surface area contributed by atoms with E-state index >= 15 is 0 Å². The van der Waals surface area contributed by atoms with Crippen LogP contribution in [0.15, 0.2) is 64.8 Å². The summed E-state index contributed by atoms with van der Waals surface area (Å²) in [5, 5.41) is 2.00. The third-order valence-electron chi connectivity index (χ3n) is 3.66. The highest BCUT2D eigenvalue weighted by atomic mass is 32.2. The fourth-order valence-electron chi connectivity index (χ4n) is 2.69. The van der Waals surface area contributed by atoms with Crippen LogP contribution in [0, 0.1) is 0 Å². The van der Waals surface area contributed by atoms with Crippen molar-refractivity contribution in [1.29, 1.82) is 0 Å². The Labute approximate surface area is 133 Å². The van der Waals surface area contributed by atoms with Gasteiger partial charge in [-0.1, -0.05) is 42.5 Å². The average Bonchev–Trinajstić information content (AvgIpc) is 2.81. The van der Waals surface area contributed by atoms with E-state index in [9.17, 15) is 4.79 Å². The summed E-state index contributed by atoms with van der Waals surface area (Å²) in [4.78, 5) is 12.9. The third kappa shape index (κ3) is 2.62. The fraction of sp³-hybridized carbons (Fsp3) is 0.167. The Bertz CT molecular complexity index is 875. The molecule has 0 saturated carbocycles. The molecule has 0 aliphatic rings. The smallest absolute Gasteiger partial charge is 0.287 e. The van der Waals surface area contributed by atoms with Crippen molar-refractivity contribution in [3.8, 4) is 0 Å². The molecule has 0 aliphatic carbocycles. The highest BCUT2D eigenvalue weighted by Gasteiger charge is 2.13. The summed E-state index contributed by atoms with van der Waals surface area (Å²) in [6.45, 7) is 2.55. The van der Waals surface area contributed by atoms with Gasteiger partial charge in [0, 0.05) is 5.70 Å². The van der Waals surface area contributed by atoms with E-state index in [0.717, 1.165) is 22.3 Å². The second-order valence-corrected chi connectivity index (χ2v) is 5.88. The number of aromatic nitrogens is 2. The number of fused-ring (bicyclic) bond motifs is 1. The molecule has 0 spiro atoms. The molecular weight excluding hydrogens is 292 g/mol. The van der Waals surface area contributed by atoms with Gasteiger partial charge in [0.2, 0.25) is 0 Å². The first-order valence-electron chi connectivity index (χ1n) is 7.16. The van der Waals surface area contributed by atoms with Gasteiger partial charge < -0.3 is 0 Å². The molecule has 0 saturated heterocycles. The first kappa shape index (κ1) is 14.7. The highest BCUT2D eigenvalue weighted by Crippen LogP contribution is 2.19. The standard InChI is InChI=1S/C18H18N2OS/c1-14(13-22-2)20-17-11-7-6-10-16(17)19(18(20)21)12-15-8-4-3-5-9-15/h3-11,13H,12H2,1-2H3. The number of allylic oxidation sites excluding steroid dienone is 1. The minimum Gasteiger partial charge on any atom is -0.287 e. The van der Waals surface area contributed by atoms with Gasteiger partial charge in [-0.3, -0.25) is 9.13 Å². The van der Waals surface area contributed by atoms with Gasteiger partial charge in [0.05, 0.1) is 17.6 Å². The fourth-order valence-corrected chi connectivity index (χ4v) is 3.14. The number of benzene rings is 2. The maximum absolute atomic E-state index is 12.9. The predicted octanol–water partition coefficient (Wildman–Crippen LogP) is 4.03. The molecule has 1 heterocycles. The van der Waals surface area contributed by atoms with Crippen LogP contribution in [0.4, 0.5) is 0 Å². The zero-order chi connectivity index (χ0) is 15.5. The van der Waals surface area contributed by atoms with E-state index in [1.54, 1.807) is 16.3 Å². The van der Waals surface area contributed by atoms with Crippen molar-refractivity contribution in [2.45, 2.75) is 13.5 Å². The highest BCUT2D eigenvalue weighted by molar-refractivity contribution is 8.01. The lowest BCUT2D eigenvalue weighted by atomic mass is 10.2. The maximum atomic E-state index is 12.9. The van der Waals surface area contributed by atoms with Crippen LogP contribution >= 0.6 is 11.8 Å². The quantitative estimate of drug-likeness (QED) is 0.727. The van der Waals surface area contributed by atoms with Gasteiger partial charge in [0.15, 0.2) is 0 Å². The van der Waals surface area contributed by atoms with Crippen molar-refractivity contribution >= 4 is 28.5 Å². The van der Waals surface area contributed by atoms with Crippen LogP contribution in [-0.2, 0) is 6.54 Å². The van der Waals surface area contributed by atoms with Gasteiger partial charge in [0.25, 0.3) is 0 Å². The number of thioether (sulfide) groups is 1. The average molecular weight is 310 g/mol. The Morgan fingerprint density at radius 2 is 1.68 bits per heavy atom. The summed E-state index contributed by atoms with van der Waals surface area (Å²) in [6.07, 6.45) is 2.00. The number of rotatable bonds is 4. The van der Waals surface area contributed by atoms with Crippen molar-refractivity contribution in [2.24, 2.45) is 0 Å². The molecule has 0 unspecified atom stereocenters. The van der Waals surface area contributed by atoms with Crippen molar-refractivity contribution in [2.75, 3.05) is 6.26 Å². The summed E-state index contributed by atoms with van der Waals surface area (Å²) in [5.41, 5.74) is 3.99. The molecule has 3 nitrogen and oxygen atoms in total. The normalized spacial score (nSPS) is 12.0. The van der Waals surface area contributed by atoms with E-state index < -0.39 is 0 Å². The Morgan fingerprint density at radius 3 is 2.36 bits per heavy atom. The minimum atomic E-state index is 0.00727. The number of hydrogen-bond acceptors (Lipinski definition) is 2. The van der Waals surface area contributed by atoms with Crippen LogP contribution in [0.2, 0.25) is 0 Å². The molecule has 22 heavy (non-hydrogen) atoms. The minimum absolute atomic E-state index is 0.00727. The summed E-state index contributed by atoms with van der Waals surface area (Å²) >= 11 is 1.60. The molecule has 1 aromatic heterocycles. The van der Waals surface area contributed by atoms with E-state index in [0.29, 0.717) is 6.54 Å². The lowest BCUT2D eigenvalue weighted by Gasteiger charge is -2.03. The number of imidazole rings is 1. The van der Waals surface area contributed by atoms with E-state index in [4.69, 9.17) is 0 Å². The molecule has 0 aliphatic heterocycles. The zero-order valence-corrected chi connectivity index (χ0v) is 13.5. The molecule has 0 amide bonds. The second kappa shape index (κ2) is 6.28. The SMILES string of the molecule is CSC=C(C)n1c(=O)n(Cc2ccccc2)c2ccccc21. The first-order valence-corrected chi connectivity index (χ1v) is 8.45. The first-order chi connectivity index (χ1) is 10.7. The lowest BCUT2D eigenvalue weighted by molar-refractivity contribution is 0.766. The van der Waals surface area contributed by atoms with Gasteiger partial charge in [-0.2, -0.15) is 0 Å². The molecule has 4 heteroatoms. The lowest BCUT2D eigenvalue weighted by Crippen LogP contribution is -2.23.